The summed E-state index contributed by atoms with van der Waals surface area (Å²) < 4.78 is 0. The first-order valence-corrected chi connectivity index (χ1v) is 13.9. The van der Waals surface area contributed by atoms with E-state index in [-0.39, 0.29) is 0 Å². The van der Waals surface area contributed by atoms with Gasteiger partial charge in [0.15, 0.2) is 0 Å². The Morgan fingerprint density at radius 2 is 1.05 bits per heavy atom. The SMILES string of the molecule is CCc1c2ccccc2cc2c1ccc1c(-c3c4ccccc4c(-c4cncnc4)c4ccccc34)cccc12. The number of aryl methyl sites for hydroxylation is 1. The molecule has 0 radical (unpaired) electrons. The predicted molar refractivity (Wildman–Crippen MR) is 170 cm³/mol. The molecule has 7 aromatic carbocycles. The first-order valence-electron chi connectivity index (χ1n) is 13.9. The lowest BCUT2D eigenvalue weighted by atomic mass is 9.84. The fourth-order valence-electron chi connectivity index (χ4n) is 6.75. The molecule has 0 aliphatic carbocycles. The van der Waals surface area contributed by atoms with Gasteiger partial charge in [-0.15, -0.1) is 0 Å². The van der Waals surface area contributed by atoms with Gasteiger partial charge in [0.1, 0.15) is 6.33 Å². The minimum Gasteiger partial charge on any atom is -0.244 e. The van der Waals surface area contributed by atoms with Crippen LogP contribution in [-0.2, 0) is 6.42 Å². The Hall–Kier alpha value is -5.08. The fraction of sp³-hybridized carbons (Fsp3) is 0.0526. The van der Waals surface area contributed by atoms with Gasteiger partial charge in [0.05, 0.1) is 0 Å². The minimum atomic E-state index is 1.00. The van der Waals surface area contributed by atoms with E-state index in [0.29, 0.717) is 0 Å². The second-order valence-electron chi connectivity index (χ2n) is 10.5. The van der Waals surface area contributed by atoms with Crippen molar-refractivity contribution in [2.45, 2.75) is 13.3 Å². The molecule has 8 aromatic rings. The molecule has 0 aliphatic rings. The molecule has 1 heterocycles. The van der Waals surface area contributed by atoms with E-state index in [1.54, 1.807) is 6.33 Å². The Labute approximate surface area is 232 Å². The highest BCUT2D eigenvalue weighted by atomic mass is 14.8. The summed E-state index contributed by atoms with van der Waals surface area (Å²) in [6.45, 7) is 2.26. The summed E-state index contributed by atoms with van der Waals surface area (Å²) in [6.07, 6.45) is 6.43. The zero-order valence-corrected chi connectivity index (χ0v) is 22.2. The van der Waals surface area contributed by atoms with Crippen molar-refractivity contribution < 1.29 is 0 Å². The fourth-order valence-corrected chi connectivity index (χ4v) is 6.75. The lowest BCUT2D eigenvalue weighted by Crippen LogP contribution is -1.93. The largest absolute Gasteiger partial charge is 0.244 e. The Kier molecular flexibility index (Phi) is 5.14. The summed E-state index contributed by atoms with van der Waals surface area (Å²) in [5.41, 5.74) is 6.16. The van der Waals surface area contributed by atoms with Crippen LogP contribution in [0.1, 0.15) is 12.5 Å². The zero-order valence-electron chi connectivity index (χ0n) is 22.2. The van der Waals surface area contributed by atoms with Crippen molar-refractivity contribution in [3.63, 3.8) is 0 Å². The van der Waals surface area contributed by atoms with Gasteiger partial charge in [0.25, 0.3) is 0 Å². The molecular formula is C38H26N2. The predicted octanol–water partition coefficient (Wildman–Crippen LogP) is 10.1. The topological polar surface area (TPSA) is 25.8 Å². The van der Waals surface area contributed by atoms with Crippen LogP contribution in [0.3, 0.4) is 0 Å². The summed E-state index contributed by atoms with van der Waals surface area (Å²) in [5, 5.41) is 12.8. The highest BCUT2D eigenvalue weighted by molar-refractivity contribution is 6.25. The highest BCUT2D eigenvalue weighted by Crippen LogP contribution is 2.46. The molecule has 0 saturated carbocycles. The molecule has 0 bridgehead atoms. The third-order valence-corrected chi connectivity index (χ3v) is 8.42. The molecule has 0 aliphatic heterocycles. The summed E-state index contributed by atoms with van der Waals surface area (Å²) in [4.78, 5) is 8.70. The molecule has 40 heavy (non-hydrogen) atoms. The van der Waals surface area contributed by atoms with Gasteiger partial charge >= 0.3 is 0 Å². The van der Waals surface area contributed by atoms with Crippen molar-refractivity contribution in [1.82, 2.24) is 9.97 Å². The van der Waals surface area contributed by atoms with Gasteiger partial charge in [-0.25, -0.2) is 9.97 Å². The Balaban J connectivity index is 1.52. The number of fused-ring (bicyclic) bond motifs is 6. The van der Waals surface area contributed by atoms with Crippen LogP contribution >= 0.6 is 0 Å². The minimum absolute atomic E-state index is 1.00. The number of nitrogens with zero attached hydrogens (tertiary/aromatic N) is 2. The van der Waals surface area contributed by atoms with Gasteiger partial charge < -0.3 is 0 Å². The highest BCUT2D eigenvalue weighted by Gasteiger charge is 2.19. The zero-order chi connectivity index (χ0) is 26.6. The number of rotatable bonds is 3. The van der Waals surface area contributed by atoms with E-state index in [0.717, 1.165) is 12.0 Å². The number of hydrogen-bond acceptors (Lipinski definition) is 2. The smallest absolute Gasteiger partial charge is 0.115 e. The Morgan fingerprint density at radius 3 is 1.73 bits per heavy atom. The van der Waals surface area contributed by atoms with Gasteiger partial charge in [0, 0.05) is 23.5 Å². The van der Waals surface area contributed by atoms with Crippen molar-refractivity contribution in [3.8, 4) is 22.3 Å². The van der Waals surface area contributed by atoms with E-state index >= 15 is 0 Å². The quantitative estimate of drug-likeness (QED) is 0.175. The monoisotopic (exact) mass is 510 g/mol. The van der Waals surface area contributed by atoms with Crippen molar-refractivity contribution >= 4 is 53.9 Å². The molecule has 188 valence electrons. The molecule has 1 aromatic heterocycles. The van der Waals surface area contributed by atoms with Crippen LogP contribution in [0.5, 0.6) is 0 Å². The van der Waals surface area contributed by atoms with Crippen LogP contribution in [-0.4, -0.2) is 9.97 Å². The number of benzene rings is 7. The normalized spacial score (nSPS) is 11.7. The Morgan fingerprint density at radius 1 is 0.475 bits per heavy atom. The lowest BCUT2D eigenvalue weighted by Gasteiger charge is -2.19. The van der Waals surface area contributed by atoms with Gasteiger partial charge in [-0.05, 0) is 83.0 Å². The van der Waals surface area contributed by atoms with E-state index in [4.69, 9.17) is 0 Å². The first-order chi connectivity index (χ1) is 19.8. The molecule has 2 heteroatoms. The summed E-state index contributed by atoms with van der Waals surface area (Å²) in [6, 6.07) is 40.2. The van der Waals surface area contributed by atoms with Crippen LogP contribution < -0.4 is 0 Å². The van der Waals surface area contributed by atoms with Gasteiger partial charge in [-0.3, -0.25) is 0 Å². The first kappa shape index (κ1) is 22.9. The van der Waals surface area contributed by atoms with Crippen molar-refractivity contribution in [3.05, 3.63) is 133 Å². The molecule has 0 atom stereocenters. The lowest BCUT2D eigenvalue weighted by molar-refractivity contribution is 1.17. The maximum Gasteiger partial charge on any atom is 0.115 e. The van der Waals surface area contributed by atoms with E-state index in [1.165, 1.54) is 76.1 Å². The van der Waals surface area contributed by atoms with E-state index in [9.17, 15) is 0 Å². The van der Waals surface area contributed by atoms with Gasteiger partial charge in [0.2, 0.25) is 0 Å². The summed E-state index contributed by atoms with van der Waals surface area (Å²) in [7, 11) is 0. The molecular weight excluding hydrogens is 484 g/mol. The summed E-state index contributed by atoms with van der Waals surface area (Å²) >= 11 is 0. The third-order valence-electron chi connectivity index (χ3n) is 8.42. The maximum absolute atomic E-state index is 4.35. The molecule has 0 amide bonds. The molecule has 2 nitrogen and oxygen atoms in total. The van der Waals surface area contributed by atoms with Crippen molar-refractivity contribution in [2.24, 2.45) is 0 Å². The van der Waals surface area contributed by atoms with Crippen LogP contribution in [0.2, 0.25) is 0 Å². The van der Waals surface area contributed by atoms with Crippen molar-refractivity contribution in [1.29, 1.82) is 0 Å². The second kappa shape index (κ2) is 9.00. The average Bonchev–Trinajstić information content (AvgIpc) is 3.02. The molecule has 8 rings (SSSR count). The van der Waals surface area contributed by atoms with Gasteiger partial charge in [-0.2, -0.15) is 0 Å². The van der Waals surface area contributed by atoms with Crippen molar-refractivity contribution in [2.75, 3.05) is 0 Å². The second-order valence-corrected chi connectivity index (χ2v) is 10.5. The van der Waals surface area contributed by atoms with E-state index < -0.39 is 0 Å². The number of hydrogen-bond donors (Lipinski definition) is 0. The average molecular weight is 511 g/mol. The van der Waals surface area contributed by atoms with E-state index in [1.807, 2.05) is 12.4 Å². The summed E-state index contributed by atoms with van der Waals surface area (Å²) in [5.74, 6) is 0. The molecule has 0 fully saturated rings. The molecule has 0 N–H and O–H groups in total. The van der Waals surface area contributed by atoms with E-state index in [2.05, 4.69) is 126 Å². The maximum atomic E-state index is 4.35. The Bertz CT molecular complexity index is 2190. The molecule has 0 saturated heterocycles. The van der Waals surface area contributed by atoms with Crippen LogP contribution in [0, 0.1) is 0 Å². The standard InChI is InChI=1S/C38H26N2/c1-2-26-27-11-4-3-10-24(27)20-36-28-16-9-17-31(30(28)19-18-29(26)36)38-34-14-7-5-12-32(34)37(25-21-39-23-40-22-25)33-13-6-8-15-35(33)38/h3-23H,2H2,1H3. The van der Waals surface area contributed by atoms with Crippen LogP contribution in [0.15, 0.2) is 128 Å². The van der Waals surface area contributed by atoms with Gasteiger partial charge in [-0.1, -0.05) is 110 Å². The third kappa shape index (κ3) is 3.29. The number of aromatic nitrogens is 2. The molecule has 0 unspecified atom stereocenters. The molecule has 0 spiro atoms. The van der Waals surface area contributed by atoms with Crippen LogP contribution in [0.4, 0.5) is 0 Å². The van der Waals surface area contributed by atoms with Crippen LogP contribution in [0.25, 0.3) is 76.1 Å².